The number of rotatable bonds is 7. The monoisotopic (exact) mass is 455 g/mol. The maximum atomic E-state index is 12.9. The molecule has 0 bridgehead atoms. The van der Waals surface area contributed by atoms with Gasteiger partial charge in [-0.3, -0.25) is 9.59 Å². The zero-order valence-electron chi connectivity index (χ0n) is 17.2. The number of nitrogens with zero attached hydrogens (tertiary/aromatic N) is 4. The summed E-state index contributed by atoms with van der Waals surface area (Å²) < 4.78 is 32.1. The quantitative estimate of drug-likeness (QED) is 0.483. The number of aromatic amines is 1. The van der Waals surface area contributed by atoms with Crippen LogP contribution in [0.1, 0.15) is 30.5 Å². The van der Waals surface area contributed by atoms with E-state index >= 15 is 0 Å². The molecule has 0 aliphatic carbocycles. The summed E-state index contributed by atoms with van der Waals surface area (Å²) in [6.45, 7) is 6.15. The molecule has 2 aromatic heterocycles. The van der Waals surface area contributed by atoms with Crippen LogP contribution in [-0.4, -0.2) is 70.6 Å². The van der Waals surface area contributed by atoms with E-state index in [2.05, 4.69) is 15.1 Å². The molecule has 0 atom stereocenters. The van der Waals surface area contributed by atoms with E-state index in [4.69, 9.17) is 4.52 Å². The van der Waals surface area contributed by atoms with E-state index < -0.39 is 10.0 Å². The predicted molar refractivity (Wildman–Crippen MR) is 111 cm³/mol. The summed E-state index contributed by atoms with van der Waals surface area (Å²) in [6.07, 6.45) is 1.58. The number of amides is 1. The molecule has 0 radical (unpaired) electrons. The van der Waals surface area contributed by atoms with E-state index in [9.17, 15) is 18.0 Å². The second-order valence-electron chi connectivity index (χ2n) is 7.02. The molecular weight excluding hydrogens is 430 g/mol. The van der Waals surface area contributed by atoms with Gasteiger partial charge in [-0.1, -0.05) is 30.3 Å². The van der Waals surface area contributed by atoms with Gasteiger partial charge in [0.15, 0.2) is 10.9 Å². The van der Waals surface area contributed by atoms with Gasteiger partial charge < -0.3 is 14.4 Å². The minimum Gasteiger partial charge on any atom is -0.360 e. The van der Waals surface area contributed by atoms with Gasteiger partial charge >= 0.3 is 0 Å². The van der Waals surface area contributed by atoms with Gasteiger partial charge in [-0.15, -0.1) is 0 Å². The van der Waals surface area contributed by atoms with Crippen LogP contribution in [0, 0.1) is 13.8 Å². The Balaban J connectivity index is 1.58. The first-order valence-electron chi connectivity index (χ1n) is 9.66. The second-order valence-corrected chi connectivity index (χ2v) is 9.86. The molecular formula is C18H25N5O5S2. The average molecular weight is 456 g/mol. The number of aryl methyl sites for hydroxylation is 3. The lowest BCUT2D eigenvalue weighted by Gasteiger charge is -2.33. The molecule has 1 aliphatic heterocycles. The number of piperazine rings is 1. The van der Waals surface area contributed by atoms with Gasteiger partial charge in [0, 0.05) is 37.9 Å². The number of aromatic nitrogens is 3. The number of hydrogen-bond acceptors (Lipinski definition) is 8. The lowest BCUT2D eigenvalue weighted by molar-refractivity contribution is -0.129. The fourth-order valence-corrected chi connectivity index (χ4v) is 5.82. The SMILES string of the molecule is CCCc1cc(=O)[nH]c(SCC(=O)N2CCN(S(=O)(=O)c3c(C)noc3C)CC2)n1. The molecule has 3 heterocycles. The zero-order chi connectivity index (χ0) is 21.9. The Morgan fingerprint density at radius 3 is 2.57 bits per heavy atom. The Kier molecular flexibility index (Phi) is 6.98. The fourth-order valence-electron chi connectivity index (χ4n) is 3.31. The summed E-state index contributed by atoms with van der Waals surface area (Å²) in [4.78, 5) is 33.0. The second kappa shape index (κ2) is 9.31. The highest BCUT2D eigenvalue weighted by Gasteiger charge is 2.34. The number of nitrogens with one attached hydrogen (secondary N) is 1. The van der Waals surface area contributed by atoms with Gasteiger partial charge in [-0.2, -0.15) is 4.31 Å². The van der Waals surface area contributed by atoms with Crippen molar-refractivity contribution in [2.24, 2.45) is 0 Å². The van der Waals surface area contributed by atoms with Crippen molar-refractivity contribution in [2.75, 3.05) is 31.9 Å². The van der Waals surface area contributed by atoms with Crippen LogP contribution in [0.5, 0.6) is 0 Å². The van der Waals surface area contributed by atoms with E-state index in [0.29, 0.717) is 36.1 Å². The molecule has 1 N–H and O–H groups in total. The third-order valence-corrected chi connectivity index (χ3v) is 7.77. The van der Waals surface area contributed by atoms with Crippen LogP contribution < -0.4 is 5.56 Å². The summed E-state index contributed by atoms with van der Waals surface area (Å²) in [5, 5.41) is 4.13. The molecule has 0 unspecified atom stereocenters. The molecule has 0 saturated carbocycles. The predicted octanol–water partition coefficient (Wildman–Crippen LogP) is 0.952. The van der Waals surface area contributed by atoms with Gasteiger partial charge in [0.05, 0.1) is 5.75 Å². The first-order valence-corrected chi connectivity index (χ1v) is 12.1. The summed E-state index contributed by atoms with van der Waals surface area (Å²) in [5.41, 5.74) is 0.796. The third-order valence-electron chi connectivity index (χ3n) is 4.77. The van der Waals surface area contributed by atoms with E-state index in [1.165, 1.54) is 22.1 Å². The lowest BCUT2D eigenvalue weighted by Crippen LogP contribution is -2.51. The highest BCUT2D eigenvalue weighted by Crippen LogP contribution is 2.24. The summed E-state index contributed by atoms with van der Waals surface area (Å²) >= 11 is 1.17. The molecule has 10 nitrogen and oxygen atoms in total. The average Bonchev–Trinajstić information content (AvgIpc) is 3.05. The van der Waals surface area contributed by atoms with Crippen LogP contribution in [0.15, 0.2) is 25.4 Å². The minimum atomic E-state index is -3.72. The molecule has 1 aliphatic rings. The van der Waals surface area contributed by atoms with E-state index in [1.54, 1.807) is 18.7 Å². The lowest BCUT2D eigenvalue weighted by atomic mass is 10.2. The van der Waals surface area contributed by atoms with Gasteiger partial charge in [-0.05, 0) is 20.3 Å². The van der Waals surface area contributed by atoms with Crippen LogP contribution in [-0.2, 0) is 21.2 Å². The number of sulfonamides is 1. The Labute approximate surface area is 179 Å². The molecule has 12 heteroatoms. The van der Waals surface area contributed by atoms with Crippen molar-refractivity contribution in [3.05, 3.63) is 33.6 Å². The van der Waals surface area contributed by atoms with Crippen LogP contribution >= 0.6 is 11.8 Å². The third kappa shape index (κ3) is 4.93. The number of hydrogen-bond donors (Lipinski definition) is 1. The highest BCUT2D eigenvalue weighted by atomic mass is 32.2. The fraction of sp³-hybridized carbons (Fsp3) is 0.556. The van der Waals surface area contributed by atoms with E-state index in [1.807, 2.05) is 6.92 Å². The van der Waals surface area contributed by atoms with Crippen molar-refractivity contribution in [3.63, 3.8) is 0 Å². The first-order chi connectivity index (χ1) is 14.2. The number of carbonyl (C=O) groups is 1. The minimum absolute atomic E-state index is 0.0971. The van der Waals surface area contributed by atoms with Crippen LogP contribution in [0.4, 0.5) is 0 Å². The summed E-state index contributed by atoms with van der Waals surface area (Å²) in [6, 6.07) is 1.47. The Morgan fingerprint density at radius 1 is 1.27 bits per heavy atom. The largest absolute Gasteiger partial charge is 0.360 e. The molecule has 164 valence electrons. The molecule has 3 rings (SSSR count). The van der Waals surface area contributed by atoms with Gasteiger partial charge in [0.25, 0.3) is 5.56 Å². The Morgan fingerprint density at radius 2 is 1.97 bits per heavy atom. The molecule has 1 saturated heterocycles. The van der Waals surface area contributed by atoms with E-state index in [-0.39, 0.29) is 41.0 Å². The normalized spacial score (nSPS) is 15.5. The molecule has 0 spiro atoms. The first kappa shape index (κ1) is 22.5. The van der Waals surface area contributed by atoms with Crippen molar-refractivity contribution in [3.8, 4) is 0 Å². The van der Waals surface area contributed by atoms with Gasteiger partial charge in [0.1, 0.15) is 10.6 Å². The standard InChI is InChI=1S/C18H25N5O5S2/c1-4-5-14-10-15(24)20-18(19-14)29-11-16(25)22-6-8-23(9-7-22)30(26,27)17-12(2)21-28-13(17)3/h10H,4-9,11H2,1-3H3,(H,19,20,24). The Bertz CT molecular complexity index is 1050. The molecule has 2 aromatic rings. The number of H-pyrrole nitrogens is 1. The highest BCUT2D eigenvalue weighted by molar-refractivity contribution is 7.99. The van der Waals surface area contributed by atoms with Crippen molar-refractivity contribution >= 4 is 27.7 Å². The van der Waals surface area contributed by atoms with Crippen LogP contribution in [0.2, 0.25) is 0 Å². The summed E-state index contributed by atoms with van der Waals surface area (Å²) in [7, 11) is -3.72. The molecule has 1 fully saturated rings. The number of thioether (sulfide) groups is 1. The van der Waals surface area contributed by atoms with Crippen molar-refractivity contribution in [1.29, 1.82) is 0 Å². The van der Waals surface area contributed by atoms with Crippen LogP contribution in [0.25, 0.3) is 0 Å². The maximum absolute atomic E-state index is 12.9. The molecule has 1 amide bonds. The summed E-state index contributed by atoms with van der Waals surface area (Å²) in [5.74, 6) is 0.252. The maximum Gasteiger partial charge on any atom is 0.251 e. The van der Waals surface area contributed by atoms with Crippen molar-refractivity contribution in [2.45, 2.75) is 43.7 Å². The van der Waals surface area contributed by atoms with Gasteiger partial charge in [0.2, 0.25) is 15.9 Å². The van der Waals surface area contributed by atoms with Crippen molar-refractivity contribution in [1.82, 2.24) is 24.3 Å². The smallest absolute Gasteiger partial charge is 0.251 e. The van der Waals surface area contributed by atoms with E-state index in [0.717, 1.165) is 6.42 Å². The zero-order valence-corrected chi connectivity index (χ0v) is 18.8. The Hall–Kier alpha value is -2.18. The van der Waals surface area contributed by atoms with Crippen molar-refractivity contribution < 1.29 is 17.7 Å². The molecule has 30 heavy (non-hydrogen) atoms. The number of carbonyl (C=O) groups excluding carboxylic acids is 1. The topological polar surface area (TPSA) is 129 Å². The molecule has 0 aromatic carbocycles. The van der Waals surface area contributed by atoms with Crippen LogP contribution in [0.3, 0.4) is 0 Å². The van der Waals surface area contributed by atoms with Gasteiger partial charge in [-0.25, -0.2) is 13.4 Å².